The highest BCUT2D eigenvalue weighted by molar-refractivity contribution is 7.98. The first-order chi connectivity index (χ1) is 8.53. The molecule has 1 aromatic heterocycles. The van der Waals surface area contributed by atoms with Crippen LogP contribution in [0.3, 0.4) is 0 Å². The Kier molecular flexibility index (Phi) is 3.53. The van der Waals surface area contributed by atoms with Gasteiger partial charge in [0.15, 0.2) is 0 Å². The number of aromatic nitrogens is 3. The molecule has 0 spiro atoms. The lowest BCUT2D eigenvalue weighted by Crippen LogP contribution is -2.15. The van der Waals surface area contributed by atoms with Gasteiger partial charge in [0, 0.05) is 0 Å². The lowest BCUT2D eigenvalue weighted by Gasteiger charge is -2.05. The van der Waals surface area contributed by atoms with Crippen LogP contribution in [0.15, 0.2) is 34.3 Å². The third-order valence-electron chi connectivity index (χ3n) is 2.00. The van der Waals surface area contributed by atoms with Crippen LogP contribution in [0, 0.1) is 5.82 Å². The van der Waals surface area contributed by atoms with Crippen LogP contribution in [0.2, 0.25) is 0 Å². The second-order valence-corrected chi connectivity index (χ2v) is 5.63. The molecule has 0 aliphatic rings. The van der Waals surface area contributed by atoms with Gasteiger partial charge >= 0.3 is 0 Å². The number of thioether (sulfide) groups is 1. The summed E-state index contributed by atoms with van der Waals surface area (Å²) in [6.45, 7) is 0. The molecule has 2 rings (SSSR count). The van der Waals surface area contributed by atoms with Crippen molar-refractivity contribution >= 4 is 27.7 Å². The molecule has 18 heavy (non-hydrogen) atoms. The van der Waals surface area contributed by atoms with Gasteiger partial charge in [-0.1, -0.05) is 23.9 Å². The van der Waals surface area contributed by atoms with Crippen LogP contribution >= 0.6 is 11.8 Å². The molecule has 0 saturated heterocycles. The number of nitrogens with one attached hydrogen (secondary N) is 2. The van der Waals surface area contributed by atoms with Gasteiger partial charge in [-0.2, -0.15) is 4.98 Å². The van der Waals surface area contributed by atoms with E-state index in [0.29, 0.717) is 5.16 Å². The number of halogens is 1. The van der Waals surface area contributed by atoms with Gasteiger partial charge in [-0.15, -0.1) is 5.10 Å². The Hall–Kier alpha value is -1.61. The Labute approximate surface area is 107 Å². The molecule has 1 heterocycles. The van der Waals surface area contributed by atoms with E-state index in [-0.39, 0.29) is 5.95 Å². The smallest absolute Gasteiger partial charge is 0.247 e. The summed E-state index contributed by atoms with van der Waals surface area (Å²) in [5.41, 5.74) is 0. The number of nitrogens with zero attached hydrogens (tertiary/aromatic N) is 2. The highest BCUT2D eigenvalue weighted by atomic mass is 32.2. The zero-order valence-electron chi connectivity index (χ0n) is 9.21. The van der Waals surface area contributed by atoms with Crippen molar-refractivity contribution in [2.45, 2.75) is 10.1 Å². The predicted molar refractivity (Wildman–Crippen MR) is 65.4 cm³/mol. The summed E-state index contributed by atoms with van der Waals surface area (Å²) in [4.78, 5) is 3.41. The SMILES string of the molecule is CSc1n[nH]c(NS(=O)(=O)c2ccccc2F)n1. The van der Waals surface area contributed by atoms with Crippen molar-refractivity contribution in [2.24, 2.45) is 0 Å². The Balaban J connectivity index is 2.30. The van der Waals surface area contributed by atoms with Gasteiger partial charge in [-0.05, 0) is 18.4 Å². The summed E-state index contributed by atoms with van der Waals surface area (Å²) >= 11 is 1.25. The van der Waals surface area contributed by atoms with Crippen LogP contribution in [0.4, 0.5) is 10.3 Å². The second kappa shape index (κ2) is 4.94. The molecule has 0 atom stereocenters. The summed E-state index contributed by atoms with van der Waals surface area (Å²) < 4.78 is 39.3. The average molecular weight is 288 g/mol. The molecule has 9 heteroatoms. The molecule has 0 amide bonds. The summed E-state index contributed by atoms with van der Waals surface area (Å²) in [5, 5.41) is 6.54. The van der Waals surface area contributed by atoms with Crippen molar-refractivity contribution in [3.63, 3.8) is 0 Å². The normalized spacial score (nSPS) is 11.4. The van der Waals surface area contributed by atoms with Gasteiger partial charge in [-0.25, -0.2) is 22.6 Å². The fraction of sp³-hybridized carbons (Fsp3) is 0.111. The van der Waals surface area contributed by atoms with Gasteiger partial charge in [-0.3, -0.25) is 0 Å². The minimum absolute atomic E-state index is 0.0531. The van der Waals surface area contributed by atoms with Crippen LogP contribution in [0.1, 0.15) is 0 Å². The number of rotatable bonds is 4. The largest absolute Gasteiger partial charge is 0.267 e. The zero-order valence-corrected chi connectivity index (χ0v) is 10.8. The Morgan fingerprint density at radius 2 is 2.11 bits per heavy atom. The maximum atomic E-state index is 13.4. The van der Waals surface area contributed by atoms with Crippen LogP contribution in [0.5, 0.6) is 0 Å². The molecule has 1 aromatic carbocycles. The summed E-state index contributed by atoms with van der Waals surface area (Å²) in [6.07, 6.45) is 1.75. The highest BCUT2D eigenvalue weighted by Crippen LogP contribution is 2.17. The molecule has 0 aliphatic heterocycles. The fourth-order valence-corrected chi connectivity index (χ4v) is 2.59. The van der Waals surface area contributed by atoms with Crippen molar-refractivity contribution in [2.75, 3.05) is 11.0 Å². The zero-order chi connectivity index (χ0) is 13.2. The summed E-state index contributed by atoms with van der Waals surface area (Å²) in [5.74, 6) is -0.878. The van der Waals surface area contributed by atoms with E-state index in [1.165, 1.54) is 30.0 Å². The maximum Gasteiger partial charge on any atom is 0.267 e. The van der Waals surface area contributed by atoms with Gasteiger partial charge in [0.25, 0.3) is 10.0 Å². The molecule has 0 bridgehead atoms. The van der Waals surface area contributed by atoms with E-state index in [0.717, 1.165) is 6.07 Å². The first-order valence-corrected chi connectivity index (χ1v) is 7.47. The minimum atomic E-state index is -4.01. The van der Waals surface area contributed by atoms with Crippen LogP contribution in [-0.2, 0) is 10.0 Å². The van der Waals surface area contributed by atoms with Crippen molar-refractivity contribution in [3.05, 3.63) is 30.1 Å². The molecular weight excluding hydrogens is 279 g/mol. The van der Waals surface area contributed by atoms with Gasteiger partial charge in [0.2, 0.25) is 11.1 Å². The topological polar surface area (TPSA) is 87.7 Å². The number of hydrogen-bond acceptors (Lipinski definition) is 5. The van der Waals surface area contributed by atoms with Crippen molar-refractivity contribution in [3.8, 4) is 0 Å². The van der Waals surface area contributed by atoms with E-state index in [4.69, 9.17) is 0 Å². The average Bonchev–Trinajstić information content (AvgIpc) is 2.76. The number of H-pyrrole nitrogens is 1. The van der Waals surface area contributed by atoms with E-state index in [9.17, 15) is 12.8 Å². The molecule has 2 N–H and O–H groups in total. The van der Waals surface area contributed by atoms with Crippen molar-refractivity contribution < 1.29 is 12.8 Å². The number of sulfonamides is 1. The molecule has 0 radical (unpaired) electrons. The minimum Gasteiger partial charge on any atom is -0.247 e. The van der Waals surface area contributed by atoms with E-state index in [2.05, 4.69) is 19.9 Å². The van der Waals surface area contributed by atoms with Gasteiger partial charge < -0.3 is 0 Å². The predicted octanol–water partition coefficient (Wildman–Crippen LogP) is 1.47. The molecular formula is C9H9FN4O2S2. The number of anilines is 1. The summed E-state index contributed by atoms with van der Waals surface area (Å²) in [6, 6.07) is 5.09. The lowest BCUT2D eigenvalue weighted by atomic mass is 10.4. The van der Waals surface area contributed by atoms with Gasteiger partial charge in [0.05, 0.1) is 0 Å². The molecule has 2 aromatic rings. The van der Waals surface area contributed by atoms with Crippen molar-refractivity contribution in [1.29, 1.82) is 0 Å². The van der Waals surface area contributed by atoms with E-state index >= 15 is 0 Å². The molecule has 0 fully saturated rings. The number of hydrogen-bond donors (Lipinski definition) is 2. The quantitative estimate of drug-likeness (QED) is 0.832. The monoisotopic (exact) mass is 288 g/mol. The third kappa shape index (κ3) is 2.62. The van der Waals surface area contributed by atoms with E-state index < -0.39 is 20.7 Å². The molecule has 0 aliphatic carbocycles. The molecule has 0 saturated carbocycles. The number of benzene rings is 1. The van der Waals surface area contributed by atoms with Crippen LogP contribution in [0.25, 0.3) is 0 Å². The summed E-state index contributed by atoms with van der Waals surface area (Å²) in [7, 11) is -4.01. The molecule has 96 valence electrons. The Morgan fingerprint density at radius 3 is 2.72 bits per heavy atom. The Morgan fingerprint density at radius 1 is 1.39 bits per heavy atom. The Bertz CT molecular complexity index is 656. The standard InChI is InChI=1S/C9H9FN4O2S2/c1-17-9-11-8(12-13-9)14-18(15,16)7-5-3-2-4-6(7)10/h2-5H,1H3,(H2,11,12,13,14). The third-order valence-corrected chi connectivity index (χ3v) is 3.92. The maximum absolute atomic E-state index is 13.4. The van der Waals surface area contributed by atoms with E-state index in [1.807, 2.05) is 0 Å². The first-order valence-electron chi connectivity index (χ1n) is 4.76. The fourth-order valence-electron chi connectivity index (χ4n) is 1.23. The molecule has 0 unspecified atom stereocenters. The first kappa shape index (κ1) is 12.8. The molecule has 6 nitrogen and oxygen atoms in total. The van der Waals surface area contributed by atoms with Crippen molar-refractivity contribution in [1.82, 2.24) is 15.2 Å². The highest BCUT2D eigenvalue weighted by Gasteiger charge is 2.20. The van der Waals surface area contributed by atoms with E-state index in [1.54, 1.807) is 6.26 Å². The van der Waals surface area contributed by atoms with Gasteiger partial charge in [0.1, 0.15) is 10.7 Å². The number of aromatic amines is 1. The van der Waals surface area contributed by atoms with Crippen LogP contribution < -0.4 is 4.72 Å². The van der Waals surface area contributed by atoms with Crippen LogP contribution in [-0.4, -0.2) is 29.9 Å². The lowest BCUT2D eigenvalue weighted by molar-refractivity contribution is 0.570. The second-order valence-electron chi connectivity index (χ2n) is 3.21.